The van der Waals surface area contributed by atoms with Crippen LogP contribution in [0.4, 0.5) is 10.1 Å². The molecule has 21 heavy (non-hydrogen) atoms. The van der Waals surface area contributed by atoms with Crippen molar-refractivity contribution < 1.29 is 9.18 Å². The van der Waals surface area contributed by atoms with Crippen molar-refractivity contribution in [3.8, 4) is 0 Å². The number of anilines is 1. The second-order valence-corrected chi connectivity index (χ2v) is 4.93. The third kappa shape index (κ3) is 3.70. The molecule has 0 fully saturated rings. The van der Waals surface area contributed by atoms with Crippen LogP contribution in [-0.2, 0) is 6.54 Å². The highest BCUT2D eigenvalue weighted by molar-refractivity contribution is 6.29. The van der Waals surface area contributed by atoms with Crippen LogP contribution in [-0.4, -0.2) is 22.3 Å². The molecule has 0 atom stereocenters. The Kier molecular flexibility index (Phi) is 4.75. The molecule has 1 amide bonds. The summed E-state index contributed by atoms with van der Waals surface area (Å²) in [7, 11) is 0. The Morgan fingerprint density at radius 1 is 1.43 bits per heavy atom. The molecule has 0 aliphatic carbocycles. The van der Waals surface area contributed by atoms with Gasteiger partial charge in [0.05, 0.1) is 17.4 Å². The van der Waals surface area contributed by atoms with Crippen molar-refractivity contribution in [2.24, 2.45) is 0 Å². The van der Waals surface area contributed by atoms with Gasteiger partial charge in [-0.1, -0.05) is 23.7 Å². The number of rotatable bonds is 4. The number of nitrogens with two attached hydrogens (primary N) is 1. The van der Waals surface area contributed by atoms with Gasteiger partial charge in [-0.05, 0) is 30.7 Å². The van der Waals surface area contributed by atoms with E-state index in [0.717, 1.165) is 0 Å². The molecule has 110 valence electrons. The van der Waals surface area contributed by atoms with E-state index in [1.807, 2.05) is 6.92 Å². The van der Waals surface area contributed by atoms with E-state index in [1.54, 1.807) is 17.0 Å². The molecule has 2 aromatic rings. The molecule has 1 aromatic carbocycles. The van der Waals surface area contributed by atoms with Gasteiger partial charge in [0, 0.05) is 13.1 Å². The summed E-state index contributed by atoms with van der Waals surface area (Å²) >= 11 is 5.80. The minimum Gasteiger partial charge on any atom is -0.397 e. The first-order chi connectivity index (χ1) is 10.0. The van der Waals surface area contributed by atoms with E-state index in [1.165, 1.54) is 24.4 Å². The molecule has 1 heterocycles. The number of carbonyl (C=O) groups excluding carboxylic acids is 1. The Labute approximate surface area is 127 Å². The van der Waals surface area contributed by atoms with Crippen molar-refractivity contribution in [1.29, 1.82) is 0 Å². The van der Waals surface area contributed by atoms with Crippen molar-refractivity contribution in [2.45, 2.75) is 13.5 Å². The lowest BCUT2D eigenvalue weighted by Crippen LogP contribution is -2.31. The summed E-state index contributed by atoms with van der Waals surface area (Å²) in [5.74, 6) is -0.592. The van der Waals surface area contributed by atoms with E-state index in [2.05, 4.69) is 4.98 Å². The lowest BCUT2D eigenvalue weighted by Gasteiger charge is -2.22. The van der Waals surface area contributed by atoms with E-state index in [4.69, 9.17) is 17.3 Å². The molecule has 2 N–H and O–H groups in total. The molecule has 1 aromatic heterocycles. The van der Waals surface area contributed by atoms with E-state index in [9.17, 15) is 9.18 Å². The predicted molar refractivity (Wildman–Crippen MR) is 80.5 cm³/mol. The van der Waals surface area contributed by atoms with E-state index < -0.39 is 0 Å². The lowest BCUT2D eigenvalue weighted by atomic mass is 10.1. The smallest absolute Gasteiger partial charge is 0.256 e. The van der Waals surface area contributed by atoms with Crippen LogP contribution >= 0.6 is 11.6 Å². The largest absolute Gasteiger partial charge is 0.397 e. The molecule has 0 saturated carbocycles. The van der Waals surface area contributed by atoms with Gasteiger partial charge >= 0.3 is 0 Å². The summed E-state index contributed by atoms with van der Waals surface area (Å²) in [5, 5.41) is 0.203. The van der Waals surface area contributed by atoms with Crippen LogP contribution in [0.25, 0.3) is 0 Å². The Balaban J connectivity index is 2.24. The van der Waals surface area contributed by atoms with Crippen molar-refractivity contribution in [1.82, 2.24) is 9.88 Å². The van der Waals surface area contributed by atoms with Crippen LogP contribution in [0.2, 0.25) is 5.15 Å². The standard InChI is InChI=1S/C15H15ClFN3O/c1-2-20(9-10-4-3-5-11(17)6-10)15(21)12-7-14(16)19-8-13(12)18/h3-8H,2,9,18H2,1H3. The van der Waals surface area contributed by atoms with Gasteiger partial charge in [0.15, 0.2) is 0 Å². The zero-order valence-corrected chi connectivity index (χ0v) is 12.3. The molecule has 0 spiro atoms. The van der Waals surface area contributed by atoms with Crippen molar-refractivity contribution >= 4 is 23.2 Å². The van der Waals surface area contributed by atoms with Crippen LogP contribution in [0, 0.1) is 5.82 Å². The third-order valence-corrected chi connectivity index (χ3v) is 3.27. The van der Waals surface area contributed by atoms with Gasteiger partial charge in [-0.15, -0.1) is 0 Å². The predicted octanol–water partition coefficient (Wildman–Crippen LogP) is 3.12. The molecule has 2 rings (SSSR count). The highest BCUT2D eigenvalue weighted by Gasteiger charge is 2.18. The fourth-order valence-electron chi connectivity index (χ4n) is 1.98. The first kappa shape index (κ1) is 15.3. The van der Waals surface area contributed by atoms with Crippen molar-refractivity contribution in [3.63, 3.8) is 0 Å². The first-order valence-electron chi connectivity index (χ1n) is 6.46. The van der Waals surface area contributed by atoms with Gasteiger partial charge in [-0.3, -0.25) is 4.79 Å². The molecule has 0 aliphatic heterocycles. The molecule has 0 radical (unpaired) electrons. The molecule has 4 nitrogen and oxygen atoms in total. The Morgan fingerprint density at radius 3 is 2.86 bits per heavy atom. The highest BCUT2D eigenvalue weighted by atomic mass is 35.5. The molecular formula is C15H15ClFN3O. The number of carbonyl (C=O) groups is 1. The average Bonchev–Trinajstić information content (AvgIpc) is 2.46. The number of hydrogen-bond donors (Lipinski definition) is 1. The van der Waals surface area contributed by atoms with E-state index in [-0.39, 0.29) is 22.6 Å². The fraction of sp³-hybridized carbons (Fsp3) is 0.200. The number of hydrogen-bond acceptors (Lipinski definition) is 3. The SMILES string of the molecule is CCN(Cc1cccc(F)c1)C(=O)c1cc(Cl)ncc1N. The Hall–Kier alpha value is -2.14. The van der Waals surface area contributed by atoms with Gasteiger partial charge in [0.1, 0.15) is 11.0 Å². The molecule has 0 bridgehead atoms. The maximum absolute atomic E-state index is 13.2. The first-order valence-corrected chi connectivity index (χ1v) is 6.83. The zero-order chi connectivity index (χ0) is 15.4. The average molecular weight is 308 g/mol. The Bertz CT molecular complexity index is 663. The van der Waals surface area contributed by atoms with E-state index in [0.29, 0.717) is 24.2 Å². The number of amides is 1. The van der Waals surface area contributed by atoms with Crippen LogP contribution < -0.4 is 5.73 Å². The number of nitrogens with zero attached hydrogens (tertiary/aromatic N) is 2. The van der Waals surface area contributed by atoms with Crippen LogP contribution in [0.1, 0.15) is 22.8 Å². The van der Waals surface area contributed by atoms with Crippen LogP contribution in [0.15, 0.2) is 36.5 Å². The van der Waals surface area contributed by atoms with Crippen molar-refractivity contribution in [3.05, 3.63) is 58.6 Å². The quantitative estimate of drug-likeness (QED) is 0.883. The summed E-state index contributed by atoms with van der Waals surface area (Å²) in [4.78, 5) is 17.9. The number of aromatic nitrogens is 1. The zero-order valence-electron chi connectivity index (χ0n) is 11.5. The summed E-state index contributed by atoms with van der Waals surface area (Å²) in [6.07, 6.45) is 1.35. The second-order valence-electron chi connectivity index (χ2n) is 4.54. The van der Waals surface area contributed by atoms with Crippen LogP contribution in [0.3, 0.4) is 0 Å². The molecule has 0 saturated heterocycles. The van der Waals surface area contributed by atoms with Gasteiger partial charge in [-0.2, -0.15) is 0 Å². The molecule has 6 heteroatoms. The fourth-order valence-corrected chi connectivity index (χ4v) is 2.14. The normalized spacial score (nSPS) is 10.4. The third-order valence-electron chi connectivity index (χ3n) is 3.06. The number of nitrogen functional groups attached to an aromatic ring is 1. The number of halogens is 2. The Morgan fingerprint density at radius 2 is 2.19 bits per heavy atom. The monoisotopic (exact) mass is 307 g/mol. The number of benzene rings is 1. The summed E-state index contributed by atoms with van der Waals surface area (Å²) in [5.41, 5.74) is 7.05. The lowest BCUT2D eigenvalue weighted by molar-refractivity contribution is 0.0753. The number of pyridine rings is 1. The topological polar surface area (TPSA) is 59.2 Å². The van der Waals surface area contributed by atoms with Crippen LogP contribution in [0.5, 0.6) is 0 Å². The second kappa shape index (κ2) is 6.54. The maximum Gasteiger partial charge on any atom is 0.256 e. The summed E-state index contributed by atoms with van der Waals surface area (Å²) in [6.45, 7) is 2.61. The maximum atomic E-state index is 13.2. The summed E-state index contributed by atoms with van der Waals surface area (Å²) in [6, 6.07) is 7.58. The molecule has 0 unspecified atom stereocenters. The van der Waals surface area contributed by atoms with Gasteiger partial charge in [0.25, 0.3) is 5.91 Å². The molecule has 0 aliphatic rings. The molecular weight excluding hydrogens is 293 g/mol. The van der Waals surface area contributed by atoms with E-state index >= 15 is 0 Å². The van der Waals surface area contributed by atoms with Crippen molar-refractivity contribution in [2.75, 3.05) is 12.3 Å². The van der Waals surface area contributed by atoms with Gasteiger partial charge < -0.3 is 10.6 Å². The minimum absolute atomic E-state index is 0.203. The summed E-state index contributed by atoms with van der Waals surface area (Å²) < 4.78 is 13.2. The minimum atomic E-state index is -0.331. The van der Waals surface area contributed by atoms with Gasteiger partial charge in [0.2, 0.25) is 0 Å². The van der Waals surface area contributed by atoms with Gasteiger partial charge in [-0.25, -0.2) is 9.37 Å². The highest BCUT2D eigenvalue weighted by Crippen LogP contribution is 2.18.